The number of rotatable bonds is 1. The molecule has 1 aromatic rings. The highest BCUT2D eigenvalue weighted by Crippen LogP contribution is 2.29. The molecule has 2 aliphatic rings. The van der Waals surface area contributed by atoms with Crippen LogP contribution in [0.1, 0.15) is 6.92 Å². The molecule has 108 valence electrons. The quantitative estimate of drug-likeness (QED) is 0.793. The van der Waals surface area contributed by atoms with Crippen LogP contribution < -0.4 is 4.90 Å². The SMILES string of the molecule is CC1COC2(C=CC(=O)C=C2)CN(c2ccccc2)C1=O. The second kappa shape index (κ2) is 5.30. The van der Waals surface area contributed by atoms with E-state index in [9.17, 15) is 9.59 Å². The molecule has 1 aliphatic carbocycles. The van der Waals surface area contributed by atoms with Gasteiger partial charge in [0.2, 0.25) is 5.91 Å². The van der Waals surface area contributed by atoms with Gasteiger partial charge in [0, 0.05) is 5.69 Å². The number of anilines is 1. The Labute approximate surface area is 123 Å². The topological polar surface area (TPSA) is 46.6 Å². The summed E-state index contributed by atoms with van der Waals surface area (Å²) in [7, 11) is 0. The maximum atomic E-state index is 12.6. The zero-order chi connectivity index (χ0) is 14.9. The van der Waals surface area contributed by atoms with Gasteiger partial charge in [-0.3, -0.25) is 9.59 Å². The van der Waals surface area contributed by atoms with Gasteiger partial charge in [-0.25, -0.2) is 0 Å². The van der Waals surface area contributed by atoms with Crippen molar-refractivity contribution < 1.29 is 14.3 Å². The maximum absolute atomic E-state index is 12.6. The minimum absolute atomic E-state index is 0.0387. The van der Waals surface area contributed by atoms with Gasteiger partial charge in [-0.05, 0) is 36.4 Å². The molecule has 3 rings (SSSR count). The molecule has 1 fully saturated rings. The van der Waals surface area contributed by atoms with E-state index in [0.29, 0.717) is 13.2 Å². The molecule has 0 radical (unpaired) electrons. The number of carbonyl (C=O) groups is 2. The Kier molecular flexibility index (Phi) is 3.47. The first-order valence-corrected chi connectivity index (χ1v) is 7.02. The zero-order valence-corrected chi connectivity index (χ0v) is 11.9. The van der Waals surface area contributed by atoms with Crippen LogP contribution in [0.25, 0.3) is 0 Å². The van der Waals surface area contributed by atoms with Crippen molar-refractivity contribution in [1.29, 1.82) is 0 Å². The molecule has 1 aromatic carbocycles. The van der Waals surface area contributed by atoms with Crippen LogP contribution in [0.2, 0.25) is 0 Å². The predicted molar refractivity (Wildman–Crippen MR) is 79.9 cm³/mol. The van der Waals surface area contributed by atoms with Crippen molar-refractivity contribution in [3.05, 3.63) is 54.6 Å². The van der Waals surface area contributed by atoms with Crippen molar-refractivity contribution in [3.8, 4) is 0 Å². The number of benzene rings is 1. The van der Waals surface area contributed by atoms with Crippen LogP contribution in [0.4, 0.5) is 5.69 Å². The Morgan fingerprint density at radius 3 is 2.48 bits per heavy atom. The van der Waals surface area contributed by atoms with E-state index in [-0.39, 0.29) is 17.6 Å². The third-order valence-corrected chi connectivity index (χ3v) is 3.82. The van der Waals surface area contributed by atoms with Crippen molar-refractivity contribution >= 4 is 17.4 Å². The van der Waals surface area contributed by atoms with Crippen LogP contribution in [-0.4, -0.2) is 30.4 Å². The van der Waals surface area contributed by atoms with Gasteiger partial charge in [0.25, 0.3) is 0 Å². The Morgan fingerprint density at radius 1 is 1.14 bits per heavy atom. The van der Waals surface area contributed by atoms with Crippen molar-refractivity contribution in [3.63, 3.8) is 0 Å². The lowest BCUT2D eigenvalue weighted by Gasteiger charge is -2.32. The molecule has 0 aromatic heterocycles. The maximum Gasteiger partial charge on any atom is 0.232 e. The molecule has 1 saturated heterocycles. The van der Waals surface area contributed by atoms with Gasteiger partial charge in [0.15, 0.2) is 5.78 Å². The van der Waals surface area contributed by atoms with E-state index in [1.54, 1.807) is 17.1 Å². The number of ether oxygens (including phenoxy) is 1. The van der Waals surface area contributed by atoms with E-state index in [2.05, 4.69) is 0 Å². The van der Waals surface area contributed by atoms with Crippen molar-refractivity contribution in [2.24, 2.45) is 5.92 Å². The predicted octanol–water partition coefficient (Wildman–Crippen LogP) is 2.12. The summed E-state index contributed by atoms with van der Waals surface area (Å²) in [4.78, 5) is 25.7. The monoisotopic (exact) mass is 283 g/mol. The van der Waals surface area contributed by atoms with Crippen LogP contribution in [0.15, 0.2) is 54.6 Å². The van der Waals surface area contributed by atoms with Crippen LogP contribution in [0.5, 0.6) is 0 Å². The fourth-order valence-corrected chi connectivity index (χ4v) is 2.57. The van der Waals surface area contributed by atoms with E-state index in [4.69, 9.17) is 4.74 Å². The molecule has 21 heavy (non-hydrogen) atoms. The second-order valence-electron chi connectivity index (χ2n) is 5.50. The molecule has 0 N–H and O–H groups in total. The number of hydrogen-bond donors (Lipinski definition) is 0. The Hall–Kier alpha value is -2.20. The van der Waals surface area contributed by atoms with Crippen LogP contribution in [-0.2, 0) is 14.3 Å². The Balaban J connectivity index is 1.98. The summed E-state index contributed by atoms with van der Waals surface area (Å²) in [5.74, 6) is -0.236. The van der Waals surface area contributed by atoms with Gasteiger partial charge in [-0.1, -0.05) is 25.1 Å². The highest BCUT2D eigenvalue weighted by atomic mass is 16.5. The number of amides is 1. The first-order chi connectivity index (χ1) is 10.1. The van der Waals surface area contributed by atoms with Gasteiger partial charge in [0.05, 0.1) is 19.1 Å². The lowest BCUT2D eigenvalue weighted by molar-refractivity contribution is -0.122. The molecule has 1 aliphatic heterocycles. The van der Waals surface area contributed by atoms with Crippen molar-refractivity contribution in [2.75, 3.05) is 18.1 Å². The lowest BCUT2D eigenvalue weighted by atomic mass is 9.96. The number of nitrogens with zero attached hydrogens (tertiary/aromatic N) is 1. The van der Waals surface area contributed by atoms with Gasteiger partial charge < -0.3 is 9.64 Å². The van der Waals surface area contributed by atoms with Gasteiger partial charge >= 0.3 is 0 Å². The second-order valence-corrected chi connectivity index (χ2v) is 5.50. The molecule has 0 bridgehead atoms. The average Bonchev–Trinajstić information content (AvgIpc) is 2.64. The normalized spacial score (nSPS) is 24.4. The number of carbonyl (C=O) groups excluding carboxylic acids is 2. The largest absolute Gasteiger partial charge is 0.364 e. The minimum Gasteiger partial charge on any atom is -0.364 e. The zero-order valence-electron chi connectivity index (χ0n) is 11.9. The molecular weight excluding hydrogens is 266 g/mol. The fourth-order valence-electron chi connectivity index (χ4n) is 2.57. The molecule has 1 amide bonds. The lowest BCUT2D eigenvalue weighted by Crippen LogP contribution is -2.44. The molecule has 4 heteroatoms. The standard InChI is InChI=1S/C17H17NO3/c1-13-11-21-17(9-7-15(19)8-10-17)12-18(16(13)20)14-5-3-2-4-6-14/h2-10,13H,11-12H2,1H3. The molecule has 1 unspecified atom stereocenters. The van der Waals surface area contributed by atoms with E-state index in [1.807, 2.05) is 37.3 Å². The fraction of sp³-hybridized carbons (Fsp3) is 0.294. The Bertz CT molecular complexity index is 602. The van der Waals surface area contributed by atoms with E-state index >= 15 is 0 Å². The van der Waals surface area contributed by atoms with E-state index in [1.165, 1.54) is 12.2 Å². The summed E-state index contributed by atoms with van der Waals surface area (Å²) in [5, 5.41) is 0. The van der Waals surface area contributed by atoms with Crippen LogP contribution in [0, 0.1) is 5.92 Å². The Morgan fingerprint density at radius 2 is 1.81 bits per heavy atom. The van der Waals surface area contributed by atoms with Crippen LogP contribution >= 0.6 is 0 Å². The summed E-state index contributed by atoms with van der Waals surface area (Å²) < 4.78 is 5.93. The molecule has 0 saturated carbocycles. The molecule has 1 atom stereocenters. The first kappa shape index (κ1) is 13.8. The molecule has 4 nitrogen and oxygen atoms in total. The minimum atomic E-state index is -0.718. The number of para-hydroxylation sites is 1. The summed E-state index contributed by atoms with van der Waals surface area (Å²) in [6.07, 6.45) is 6.50. The summed E-state index contributed by atoms with van der Waals surface area (Å²) >= 11 is 0. The van der Waals surface area contributed by atoms with Gasteiger partial charge in [0.1, 0.15) is 5.60 Å². The number of ketones is 1. The molecular formula is C17H17NO3. The first-order valence-electron chi connectivity index (χ1n) is 7.02. The third kappa shape index (κ3) is 2.67. The molecule has 1 spiro atoms. The number of hydrogen-bond acceptors (Lipinski definition) is 3. The highest BCUT2D eigenvalue weighted by Gasteiger charge is 2.38. The number of allylic oxidation sites excluding steroid dienone is 2. The van der Waals surface area contributed by atoms with E-state index in [0.717, 1.165) is 5.69 Å². The third-order valence-electron chi connectivity index (χ3n) is 3.82. The summed E-state index contributed by atoms with van der Waals surface area (Å²) in [6.45, 7) is 2.57. The summed E-state index contributed by atoms with van der Waals surface area (Å²) in [5.41, 5.74) is 0.127. The van der Waals surface area contributed by atoms with Gasteiger partial charge in [-0.2, -0.15) is 0 Å². The molecule has 1 heterocycles. The highest BCUT2D eigenvalue weighted by molar-refractivity contribution is 6.01. The van der Waals surface area contributed by atoms with Gasteiger partial charge in [-0.15, -0.1) is 0 Å². The summed E-state index contributed by atoms with van der Waals surface area (Å²) in [6, 6.07) is 9.54. The smallest absolute Gasteiger partial charge is 0.232 e. The van der Waals surface area contributed by atoms with Crippen molar-refractivity contribution in [2.45, 2.75) is 12.5 Å². The average molecular weight is 283 g/mol. The van der Waals surface area contributed by atoms with Crippen LogP contribution in [0.3, 0.4) is 0 Å². The van der Waals surface area contributed by atoms with E-state index < -0.39 is 5.60 Å². The van der Waals surface area contributed by atoms with Crippen molar-refractivity contribution in [1.82, 2.24) is 0 Å².